The zero-order chi connectivity index (χ0) is 76.7. The molecule has 0 radical (unpaired) electrons. The summed E-state index contributed by atoms with van der Waals surface area (Å²) in [5, 5.41) is 21.5. The van der Waals surface area contributed by atoms with E-state index in [1.54, 1.807) is 74.4 Å². The molecule has 0 unspecified atom stereocenters. The predicted octanol–water partition coefficient (Wildman–Crippen LogP) is 14.8. The number of fused-ring (bicyclic) bond motifs is 5. The van der Waals surface area contributed by atoms with Crippen LogP contribution >= 0.6 is 0 Å². The van der Waals surface area contributed by atoms with Crippen molar-refractivity contribution in [2.75, 3.05) is 27.1 Å². The van der Waals surface area contributed by atoms with Crippen LogP contribution in [0.15, 0.2) is 209 Å². The summed E-state index contributed by atoms with van der Waals surface area (Å²) < 4.78 is 49.0. The number of halogens is 3. The molecule has 10 heterocycles. The topological polar surface area (TPSA) is 301 Å². The van der Waals surface area contributed by atoms with E-state index in [1.165, 1.54) is 47.4 Å². The standard InChI is InChI=1S/C16H15F2N5.C16H16FN5.C16H17N5.2C15H16N6/c1-9-6-15-14(7-12(9)18)20-16(23(15)3)22-21-10(2)13-5-4-11(17)8-19-13;1-10-4-7-15-14(8-10)19-16(22(15)3)21-20-11(2)13-6-5-12(17)9-18-13;1-11-7-8-15-14(10-11)18-16(21(15)3)20-19-12(2)13-6-4-5-9-17-13;1-10-5-6-13-12(9-10)18-15(21(13)3)20-19-11(2)14-16-7-4-8-17-14;1-10-4-5-14-13(8-10)18-15(21(14)3)20-19-11(2)12-6-7-16-9-17-12/h4-8H,1-3H3,(H,20,22);4-9H,1-3H3,(H,19,21);4-10H,1-3H3,(H,18,20);2*4-9H,1-3H3,(H,18,20)/b21-10+;20-11+;19-12+;2*19-11+. The van der Waals surface area contributed by atoms with Gasteiger partial charge in [-0.1, -0.05) is 30.3 Å². The molecule has 0 fully saturated rings. The van der Waals surface area contributed by atoms with Crippen molar-refractivity contribution in [3.63, 3.8) is 0 Å². The van der Waals surface area contributed by atoms with Gasteiger partial charge in [-0.2, -0.15) is 25.5 Å². The number of aryl methyl sites for hydroxylation is 10. The molecule has 0 aliphatic heterocycles. The van der Waals surface area contributed by atoms with Crippen LogP contribution < -0.4 is 27.1 Å². The monoisotopic (exact) mass is 1450 g/mol. The van der Waals surface area contributed by atoms with Crippen molar-refractivity contribution in [1.29, 1.82) is 0 Å². The Morgan fingerprint density at radius 3 is 1.01 bits per heavy atom. The van der Waals surface area contributed by atoms with Crippen molar-refractivity contribution in [3.05, 3.63) is 257 Å². The van der Waals surface area contributed by atoms with Crippen LogP contribution in [0, 0.1) is 52.1 Å². The second kappa shape index (κ2) is 34.2. The van der Waals surface area contributed by atoms with Crippen molar-refractivity contribution < 1.29 is 13.2 Å². The van der Waals surface area contributed by atoms with E-state index in [0.717, 1.165) is 84.2 Å². The van der Waals surface area contributed by atoms with Crippen LogP contribution in [0.4, 0.5) is 42.9 Å². The Morgan fingerprint density at radius 2 is 0.667 bits per heavy atom. The highest BCUT2D eigenvalue weighted by Crippen LogP contribution is 2.26. The first-order valence-corrected chi connectivity index (χ1v) is 34.0. The molecule has 0 amide bonds. The lowest BCUT2D eigenvalue weighted by molar-refractivity contribution is 0.620. The molecular formula is C78H80F3N27. The number of nitrogens with one attached hydrogen (secondary N) is 5. The number of imidazole rings is 5. The molecule has 0 saturated heterocycles. The van der Waals surface area contributed by atoms with Gasteiger partial charge < -0.3 is 22.8 Å². The predicted molar refractivity (Wildman–Crippen MR) is 423 cm³/mol. The summed E-state index contributed by atoms with van der Waals surface area (Å²) in [7, 11) is 9.63. The van der Waals surface area contributed by atoms with Gasteiger partial charge >= 0.3 is 0 Å². The molecule has 0 aliphatic carbocycles. The van der Waals surface area contributed by atoms with Crippen LogP contribution in [0.25, 0.3) is 55.2 Å². The summed E-state index contributed by atoms with van der Waals surface area (Å²) in [5.74, 6) is 2.75. The molecule has 15 aromatic rings. The van der Waals surface area contributed by atoms with Gasteiger partial charge in [0, 0.05) is 66.1 Å². The number of anilines is 5. The van der Waals surface area contributed by atoms with Gasteiger partial charge in [-0.3, -0.25) is 15.0 Å². The molecule has 30 heteroatoms. The van der Waals surface area contributed by atoms with Gasteiger partial charge in [0.05, 0.1) is 113 Å². The maximum Gasteiger partial charge on any atom is 0.224 e. The van der Waals surface area contributed by atoms with Crippen molar-refractivity contribution in [2.24, 2.45) is 60.7 Å². The van der Waals surface area contributed by atoms with E-state index in [9.17, 15) is 13.2 Å². The molecular weight excluding hydrogens is 1370 g/mol. The number of hydrogen-bond donors (Lipinski definition) is 5. The van der Waals surface area contributed by atoms with Crippen LogP contribution in [0.3, 0.4) is 0 Å². The molecule has 15 rings (SSSR count). The maximum atomic E-state index is 13.6. The third kappa shape index (κ3) is 18.6. The molecule has 0 saturated carbocycles. The summed E-state index contributed by atoms with van der Waals surface area (Å²) in [5.41, 5.74) is 35.8. The quantitative estimate of drug-likeness (QED) is 0.0470. The highest BCUT2D eigenvalue weighted by Gasteiger charge is 2.15. The first-order chi connectivity index (χ1) is 51.9. The molecule has 5 aromatic carbocycles. The molecule has 0 spiro atoms. The lowest BCUT2D eigenvalue weighted by Gasteiger charge is -2.03. The van der Waals surface area contributed by atoms with E-state index in [2.05, 4.69) is 188 Å². The minimum atomic E-state index is -0.401. The van der Waals surface area contributed by atoms with E-state index >= 15 is 0 Å². The number of hydrogen-bond acceptors (Lipinski definition) is 22. The molecule has 548 valence electrons. The molecule has 27 nitrogen and oxygen atoms in total. The second-order valence-electron chi connectivity index (χ2n) is 25.2. The lowest BCUT2D eigenvalue weighted by Crippen LogP contribution is -2.06. The van der Waals surface area contributed by atoms with Gasteiger partial charge in [0.2, 0.25) is 29.7 Å². The van der Waals surface area contributed by atoms with E-state index in [4.69, 9.17) is 0 Å². The Bertz CT molecular complexity index is 5490. The van der Waals surface area contributed by atoms with Gasteiger partial charge in [0.15, 0.2) is 5.82 Å². The normalized spacial score (nSPS) is 11.9. The Balaban J connectivity index is 0.000000134. The van der Waals surface area contributed by atoms with Gasteiger partial charge in [-0.15, -0.1) is 0 Å². The van der Waals surface area contributed by atoms with Crippen LogP contribution in [0.1, 0.15) is 91.0 Å². The van der Waals surface area contributed by atoms with Crippen molar-refractivity contribution in [2.45, 2.75) is 69.2 Å². The number of hydrazone groups is 5. The second-order valence-corrected chi connectivity index (χ2v) is 25.2. The van der Waals surface area contributed by atoms with Crippen LogP contribution in [-0.4, -0.2) is 111 Å². The smallest absolute Gasteiger partial charge is 0.224 e. The minimum absolute atomic E-state index is 0.294. The van der Waals surface area contributed by atoms with E-state index in [-0.39, 0.29) is 11.6 Å². The number of rotatable bonds is 15. The minimum Gasteiger partial charge on any atom is -0.312 e. The van der Waals surface area contributed by atoms with Gasteiger partial charge in [-0.05, 0) is 200 Å². The van der Waals surface area contributed by atoms with Crippen molar-refractivity contribution >= 4 is 113 Å². The van der Waals surface area contributed by atoms with Crippen LogP contribution in [0.2, 0.25) is 0 Å². The third-order valence-electron chi connectivity index (χ3n) is 17.0. The number of benzene rings is 5. The average Bonchev–Trinajstić information content (AvgIpc) is 2.48. The van der Waals surface area contributed by atoms with Crippen molar-refractivity contribution in [3.8, 4) is 0 Å². The van der Waals surface area contributed by atoms with E-state index < -0.39 is 5.82 Å². The molecule has 10 aromatic heterocycles. The zero-order valence-electron chi connectivity index (χ0n) is 62.3. The highest BCUT2D eigenvalue weighted by molar-refractivity contribution is 5.99. The summed E-state index contributed by atoms with van der Waals surface area (Å²) in [6.45, 7) is 19.1. The summed E-state index contributed by atoms with van der Waals surface area (Å²) in [6.07, 6.45) is 10.6. The summed E-state index contributed by atoms with van der Waals surface area (Å²) in [4.78, 5) is 51.1. The summed E-state index contributed by atoms with van der Waals surface area (Å²) >= 11 is 0. The van der Waals surface area contributed by atoms with Crippen LogP contribution in [0.5, 0.6) is 0 Å². The fourth-order valence-corrected chi connectivity index (χ4v) is 10.8. The lowest BCUT2D eigenvalue weighted by atomic mass is 10.2. The number of pyridine rings is 3. The zero-order valence-corrected chi connectivity index (χ0v) is 62.3. The Morgan fingerprint density at radius 1 is 0.324 bits per heavy atom. The fraction of sp³-hybridized carbons (Fsp3) is 0.192. The molecule has 5 N–H and O–H groups in total. The largest absolute Gasteiger partial charge is 0.312 e. The van der Waals surface area contributed by atoms with Crippen LogP contribution in [-0.2, 0) is 35.2 Å². The van der Waals surface area contributed by atoms with Gasteiger partial charge in [0.1, 0.15) is 29.5 Å². The Hall–Kier alpha value is -13.8. The highest BCUT2D eigenvalue weighted by atomic mass is 19.1. The Labute approximate surface area is 620 Å². The third-order valence-corrected chi connectivity index (χ3v) is 17.0. The average molecular weight is 1450 g/mol. The number of nitrogens with zero attached hydrogens (tertiary/aromatic N) is 22. The molecule has 0 bridgehead atoms. The van der Waals surface area contributed by atoms with E-state index in [0.29, 0.717) is 75.2 Å². The SMILES string of the molecule is C/C(=N\Nc1nc2cc(C)ccc2n1C)c1ccc(F)cn1.C/C(=N\Nc1nc2cc(C)ccc2n1C)c1ccccn1.C/C(=N\Nc1nc2cc(C)ccc2n1C)c1ccncn1.C/C(=N\Nc1nc2cc(C)ccc2n1C)c1ncccn1.C/C(=N\Nc1nc2cc(F)c(C)cc2n1C)c1ccc(F)cn1. The molecule has 0 atom stereocenters. The first-order valence-electron chi connectivity index (χ1n) is 34.0. The van der Waals surface area contributed by atoms with Gasteiger partial charge in [0.25, 0.3) is 0 Å². The fourth-order valence-electron chi connectivity index (χ4n) is 10.8. The first kappa shape index (κ1) is 75.4. The van der Waals surface area contributed by atoms with Gasteiger partial charge in [-0.25, -0.2) is 85.2 Å². The van der Waals surface area contributed by atoms with E-state index in [1.807, 2.05) is 124 Å². The number of aromatic nitrogens is 17. The summed E-state index contributed by atoms with van der Waals surface area (Å²) in [6, 6.07) is 43.0. The Kier molecular flexibility index (Phi) is 23.9. The molecule has 108 heavy (non-hydrogen) atoms. The maximum absolute atomic E-state index is 13.6. The molecule has 0 aliphatic rings. The van der Waals surface area contributed by atoms with Crippen molar-refractivity contribution in [1.82, 2.24) is 82.6 Å².